The normalized spacial score (nSPS) is 17.7. The minimum Gasteiger partial charge on any atom is -0.478 e. The lowest BCUT2D eigenvalue weighted by atomic mass is 10.1. The number of anilines is 1. The molecule has 2 rings (SSSR count). The molecule has 1 amide bonds. The van der Waals surface area contributed by atoms with Crippen LogP contribution in [-0.2, 0) is 4.79 Å². The SMILES string of the molecule is O=C(O)c1ccc(NC(=O)C2CCCS2)c([N+](=O)[O-])c1. The summed E-state index contributed by atoms with van der Waals surface area (Å²) < 4.78 is 0. The molecule has 1 fully saturated rings. The number of hydrogen-bond donors (Lipinski definition) is 2. The topological polar surface area (TPSA) is 110 Å². The molecule has 1 saturated heterocycles. The highest BCUT2D eigenvalue weighted by Crippen LogP contribution is 2.30. The maximum Gasteiger partial charge on any atom is 0.335 e. The van der Waals surface area contributed by atoms with E-state index in [-0.39, 0.29) is 22.4 Å². The van der Waals surface area contributed by atoms with Gasteiger partial charge in [-0.15, -0.1) is 11.8 Å². The van der Waals surface area contributed by atoms with Crippen LogP contribution in [0.3, 0.4) is 0 Å². The standard InChI is InChI=1S/C12H12N2O5S/c15-11(10-2-1-5-20-10)13-8-4-3-7(12(16)17)6-9(8)14(18)19/h3-4,6,10H,1-2,5H2,(H,13,15)(H,16,17). The van der Waals surface area contributed by atoms with Crippen molar-refractivity contribution < 1.29 is 19.6 Å². The Morgan fingerprint density at radius 1 is 1.45 bits per heavy atom. The zero-order valence-electron chi connectivity index (χ0n) is 10.4. The van der Waals surface area contributed by atoms with Gasteiger partial charge in [0.15, 0.2) is 0 Å². The first-order chi connectivity index (χ1) is 9.49. The lowest BCUT2D eigenvalue weighted by Gasteiger charge is -2.10. The molecule has 0 aliphatic carbocycles. The fraction of sp³-hybridized carbons (Fsp3) is 0.333. The van der Waals surface area contributed by atoms with Crippen molar-refractivity contribution in [3.63, 3.8) is 0 Å². The predicted molar refractivity (Wildman–Crippen MR) is 74.2 cm³/mol. The smallest absolute Gasteiger partial charge is 0.335 e. The van der Waals surface area contributed by atoms with Crippen molar-refractivity contribution in [2.45, 2.75) is 18.1 Å². The van der Waals surface area contributed by atoms with Gasteiger partial charge in [-0.3, -0.25) is 14.9 Å². The van der Waals surface area contributed by atoms with Crippen molar-refractivity contribution in [2.24, 2.45) is 0 Å². The summed E-state index contributed by atoms with van der Waals surface area (Å²) in [7, 11) is 0. The highest BCUT2D eigenvalue weighted by atomic mass is 32.2. The number of nitro benzene ring substituents is 1. The summed E-state index contributed by atoms with van der Waals surface area (Å²) in [6.45, 7) is 0. The second-order valence-corrected chi connectivity index (χ2v) is 5.60. The van der Waals surface area contributed by atoms with Gasteiger partial charge >= 0.3 is 5.97 Å². The van der Waals surface area contributed by atoms with E-state index in [2.05, 4.69) is 5.32 Å². The van der Waals surface area contributed by atoms with Gasteiger partial charge in [0.25, 0.3) is 5.69 Å². The zero-order valence-corrected chi connectivity index (χ0v) is 11.2. The van der Waals surface area contributed by atoms with Crippen LogP contribution in [0.4, 0.5) is 11.4 Å². The van der Waals surface area contributed by atoms with Crippen LogP contribution in [-0.4, -0.2) is 32.9 Å². The number of carbonyl (C=O) groups excluding carboxylic acids is 1. The molecule has 1 aliphatic rings. The lowest BCUT2D eigenvalue weighted by molar-refractivity contribution is -0.384. The van der Waals surface area contributed by atoms with Crippen molar-refractivity contribution >= 4 is 35.0 Å². The number of carboxylic acids is 1. The predicted octanol–water partition coefficient (Wildman–Crippen LogP) is 2.13. The number of hydrogen-bond acceptors (Lipinski definition) is 5. The molecule has 0 spiro atoms. The van der Waals surface area contributed by atoms with Crippen LogP contribution in [0.2, 0.25) is 0 Å². The van der Waals surface area contributed by atoms with Crippen molar-refractivity contribution in [2.75, 3.05) is 11.1 Å². The molecule has 0 radical (unpaired) electrons. The molecule has 20 heavy (non-hydrogen) atoms. The molecule has 0 saturated carbocycles. The molecule has 106 valence electrons. The Morgan fingerprint density at radius 2 is 2.20 bits per heavy atom. The van der Waals surface area contributed by atoms with Crippen molar-refractivity contribution in [3.05, 3.63) is 33.9 Å². The maximum atomic E-state index is 11.9. The molecule has 1 atom stereocenters. The summed E-state index contributed by atoms with van der Waals surface area (Å²) in [4.78, 5) is 33.0. The first-order valence-electron chi connectivity index (χ1n) is 5.93. The number of carbonyl (C=O) groups is 2. The summed E-state index contributed by atoms with van der Waals surface area (Å²) >= 11 is 1.52. The van der Waals surface area contributed by atoms with Crippen molar-refractivity contribution in [1.29, 1.82) is 0 Å². The number of carboxylic acid groups (broad SMARTS) is 1. The molecule has 7 nitrogen and oxygen atoms in total. The number of nitrogens with zero attached hydrogens (tertiary/aromatic N) is 1. The highest BCUT2D eigenvalue weighted by Gasteiger charge is 2.26. The molecule has 2 N–H and O–H groups in total. The maximum absolute atomic E-state index is 11.9. The van der Waals surface area contributed by atoms with Crippen LogP contribution < -0.4 is 5.32 Å². The van der Waals surface area contributed by atoms with E-state index in [0.29, 0.717) is 0 Å². The summed E-state index contributed by atoms with van der Waals surface area (Å²) in [6.07, 6.45) is 1.69. The van der Waals surface area contributed by atoms with Crippen LogP contribution in [0.5, 0.6) is 0 Å². The van der Waals surface area contributed by atoms with Gasteiger partial charge in [-0.1, -0.05) is 0 Å². The number of rotatable bonds is 4. The second kappa shape index (κ2) is 5.91. The van der Waals surface area contributed by atoms with E-state index in [0.717, 1.165) is 24.7 Å². The van der Waals surface area contributed by atoms with Gasteiger partial charge in [-0.25, -0.2) is 4.79 Å². The third-order valence-electron chi connectivity index (χ3n) is 2.92. The van der Waals surface area contributed by atoms with Crippen LogP contribution in [0, 0.1) is 10.1 Å². The Balaban J connectivity index is 2.24. The average Bonchev–Trinajstić information content (AvgIpc) is 2.92. The van der Waals surface area contributed by atoms with Crippen molar-refractivity contribution in [1.82, 2.24) is 0 Å². The van der Waals surface area contributed by atoms with E-state index in [9.17, 15) is 19.7 Å². The number of nitro groups is 1. The molecule has 1 heterocycles. The zero-order chi connectivity index (χ0) is 14.7. The van der Waals surface area contributed by atoms with Gasteiger partial charge < -0.3 is 10.4 Å². The number of nitrogens with one attached hydrogen (secondary N) is 1. The van der Waals surface area contributed by atoms with Gasteiger partial charge in [-0.2, -0.15) is 0 Å². The first kappa shape index (κ1) is 14.3. The Morgan fingerprint density at radius 3 is 2.75 bits per heavy atom. The van der Waals surface area contributed by atoms with E-state index in [1.54, 1.807) is 0 Å². The molecule has 0 aromatic heterocycles. The van der Waals surface area contributed by atoms with E-state index < -0.39 is 16.6 Å². The van der Waals surface area contributed by atoms with Crippen LogP contribution in [0.25, 0.3) is 0 Å². The van der Waals surface area contributed by atoms with E-state index in [1.165, 1.54) is 23.9 Å². The third kappa shape index (κ3) is 3.08. The minimum atomic E-state index is -1.25. The molecular weight excluding hydrogens is 284 g/mol. The lowest BCUT2D eigenvalue weighted by Crippen LogP contribution is -2.23. The summed E-state index contributed by atoms with van der Waals surface area (Å²) in [5.41, 5.74) is -0.580. The van der Waals surface area contributed by atoms with E-state index in [4.69, 9.17) is 5.11 Å². The molecule has 8 heteroatoms. The number of amides is 1. The molecular formula is C12H12N2O5S. The Hall–Kier alpha value is -2.09. The average molecular weight is 296 g/mol. The Kier molecular flexibility index (Phi) is 4.23. The van der Waals surface area contributed by atoms with Crippen molar-refractivity contribution in [3.8, 4) is 0 Å². The monoisotopic (exact) mass is 296 g/mol. The molecule has 0 bridgehead atoms. The molecule has 1 unspecified atom stereocenters. The minimum absolute atomic E-state index is 0.0255. The molecule has 1 aromatic rings. The quantitative estimate of drug-likeness (QED) is 0.650. The van der Waals surface area contributed by atoms with Crippen LogP contribution >= 0.6 is 11.8 Å². The van der Waals surface area contributed by atoms with Gasteiger partial charge in [0.1, 0.15) is 5.69 Å². The summed E-state index contributed by atoms with van der Waals surface area (Å²) in [6, 6.07) is 3.42. The molecule has 1 aromatic carbocycles. The van der Waals surface area contributed by atoms with Gasteiger partial charge in [0, 0.05) is 6.07 Å². The van der Waals surface area contributed by atoms with Crippen LogP contribution in [0.1, 0.15) is 23.2 Å². The van der Waals surface area contributed by atoms with Gasteiger partial charge in [-0.05, 0) is 30.7 Å². The Bertz CT molecular complexity index is 569. The highest BCUT2D eigenvalue weighted by molar-refractivity contribution is 8.00. The number of aromatic carboxylic acids is 1. The van der Waals surface area contributed by atoms with E-state index >= 15 is 0 Å². The fourth-order valence-electron chi connectivity index (χ4n) is 1.92. The Labute approximate surface area is 118 Å². The number of benzene rings is 1. The summed E-state index contributed by atoms with van der Waals surface area (Å²) in [5.74, 6) is -0.631. The van der Waals surface area contributed by atoms with E-state index in [1.807, 2.05) is 0 Å². The van der Waals surface area contributed by atoms with Crippen LogP contribution in [0.15, 0.2) is 18.2 Å². The largest absolute Gasteiger partial charge is 0.478 e. The number of thioether (sulfide) groups is 1. The van der Waals surface area contributed by atoms with Gasteiger partial charge in [0.05, 0.1) is 15.7 Å². The fourth-order valence-corrected chi connectivity index (χ4v) is 3.08. The first-order valence-corrected chi connectivity index (χ1v) is 6.98. The summed E-state index contributed by atoms with van der Waals surface area (Å²) in [5, 5.41) is 22.1. The second-order valence-electron chi connectivity index (χ2n) is 4.29. The van der Waals surface area contributed by atoms with Gasteiger partial charge in [0.2, 0.25) is 5.91 Å². The molecule has 1 aliphatic heterocycles. The third-order valence-corrected chi connectivity index (χ3v) is 4.30.